The van der Waals surface area contributed by atoms with Gasteiger partial charge in [-0.1, -0.05) is 0 Å². The molecule has 0 aromatic rings. The smallest absolute Gasteiger partial charge is 0.0555 e. The molecule has 1 fully saturated rings. The van der Waals surface area contributed by atoms with Crippen molar-refractivity contribution in [3.63, 3.8) is 0 Å². The Morgan fingerprint density at radius 2 is 2.50 bits per heavy atom. The summed E-state index contributed by atoms with van der Waals surface area (Å²) in [6, 6.07) is 0. The molecule has 1 rings (SSSR count). The van der Waals surface area contributed by atoms with Crippen molar-refractivity contribution in [3.8, 4) is 0 Å². The van der Waals surface area contributed by atoms with Gasteiger partial charge in [-0.3, -0.25) is 0 Å². The summed E-state index contributed by atoms with van der Waals surface area (Å²) in [7, 11) is 0. The minimum atomic E-state index is 0.240. The van der Waals surface area contributed by atoms with Crippen LogP contribution in [-0.4, -0.2) is 37.9 Å². The van der Waals surface area contributed by atoms with Crippen LogP contribution in [0.25, 0.3) is 0 Å². The second-order valence-electron chi connectivity index (χ2n) is 2.71. The molecule has 1 saturated heterocycles. The fourth-order valence-electron chi connectivity index (χ4n) is 1.19. The Labute approximate surface area is 61.8 Å². The van der Waals surface area contributed by atoms with Gasteiger partial charge in [0.1, 0.15) is 0 Å². The number of aliphatic hydroxyl groups excluding tert-OH is 1. The first-order chi connectivity index (χ1) is 4.93. The minimum Gasteiger partial charge on any atom is -0.395 e. The summed E-state index contributed by atoms with van der Waals surface area (Å²) < 4.78 is 0. The second kappa shape index (κ2) is 4.66. The SMILES string of the molecule is OCCNCC1CC[N]C1. The van der Waals surface area contributed by atoms with E-state index in [1.165, 1.54) is 6.42 Å². The zero-order valence-corrected chi connectivity index (χ0v) is 6.21. The molecule has 59 valence electrons. The lowest BCUT2D eigenvalue weighted by atomic mass is 10.1. The zero-order valence-electron chi connectivity index (χ0n) is 6.21. The van der Waals surface area contributed by atoms with Crippen molar-refractivity contribution in [2.24, 2.45) is 5.92 Å². The van der Waals surface area contributed by atoms with Crippen molar-refractivity contribution in [1.29, 1.82) is 0 Å². The van der Waals surface area contributed by atoms with Crippen LogP contribution in [0.1, 0.15) is 6.42 Å². The molecule has 1 heterocycles. The Morgan fingerprint density at radius 3 is 3.10 bits per heavy atom. The highest BCUT2D eigenvalue weighted by atomic mass is 16.3. The topological polar surface area (TPSA) is 46.4 Å². The van der Waals surface area contributed by atoms with Gasteiger partial charge in [-0.2, -0.15) is 0 Å². The molecule has 0 aromatic carbocycles. The van der Waals surface area contributed by atoms with E-state index >= 15 is 0 Å². The van der Waals surface area contributed by atoms with Crippen LogP contribution in [0, 0.1) is 5.92 Å². The molecule has 1 aliphatic rings. The normalized spacial score (nSPS) is 25.5. The van der Waals surface area contributed by atoms with Gasteiger partial charge in [0.05, 0.1) is 6.61 Å². The summed E-state index contributed by atoms with van der Waals surface area (Å²) in [5.74, 6) is 0.728. The third kappa shape index (κ3) is 2.64. The highest BCUT2D eigenvalue weighted by Crippen LogP contribution is 2.06. The Bertz CT molecular complexity index is 81.7. The molecule has 0 spiro atoms. The van der Waals surface area contributed by atoms with Crippen LogP contribution in [0.4, 0.5) is 0 Å². The van der Waals surface area contributed by atoms with Crippen molar-refractivity contribution >= 4 is 0 Å². The number of nitrogens with one attached hydrogen (secondary N) is 1. The fourth-order valence-corrected chi connectivity index (χ4v) is 1.19. The average molecular weight is 143 g/mol. The monoisotopic (exact) mass is 143 g/mol. The van der Waals surface area contributed by atoms with Gasteiger partial charge >= 0.3 is 0 Å². The summed E-state index contributed by atoms with van der Waals surface area (Å²) in [5, 5.41) is 15.9. The van der Waals surface area contributed by atoms with Crippen molar-refractivity contribution < 1.29 is 5.11 Å². The Morgan fingerprint density at radius 1 is 1.60 bits per heavy atom. The van der Waals surface area contributed by atoms with Crippen LogP contribution in [0.3, 0.4) is 0 Å². The van der Waals surface area contributed by atoms with Crippen LogP contribution >= 0.6 is 0 Å². The molecular weight excluding hydrogens is 128 g/mol. The molecule has 0 bridgehead atoms. The molecule has 3 nitrogen and oxygen atoms in total. The van der Waals surface area contributed by atoms with Crippen LogP contribution < -0.4 is 10.6 Å². The van der Waals surface area contributed by atoms with Crippen LogP contribution in [0.5, 0.6) is 0 Å². The van der Waals surface area contributed by atoms with Gasteiger partial charge in [-0.15, -0.1) is 0 Å². The van der Waals surface area contributed by atoms with Crippen molar-refractivity contribution in [2.75, 3.05) is 32.8 Å². The molecule has 0 aliphatic carbocycles. The maximum atomic E-state index is 8.45. The first-order valence-electron chi connectivity index (χ1n) is 3.88. The molecule has 10 heavy (non-hydrogen) atoms. The standard InChI is InChI=1S/C7H15N2O/c10-4-3-9-6-7-1-2-8-5-7/h7,9-10H,1-6H2. The van der Waals surface area contributed by atoms with E-state index in [2.05, 4.69) is 10.6 Å². The van der Waals surface area contributed by atoms with E-state index in [-0.39, 0.29) is 6.61 Å². The number of hydrogen-bond donors (Lipinski definition) is 2. The maximum absolute atomic E-state index is 8.45. The van der Waals surface area contributed by atoms with Crippen molar-refractivity contribution in [3.05, 3.63) is 0 Å². The van der Waals surface area contributed by atoms with Crippen LogP contribution in [0.15, 0.2) is 0 Å². The average Bonchev–Trinajstić information content (AvgIpc) is 2.41. The van der Waals surface area contributed by atoms with Crippen molar-refractivity contribution in [1.82, 2.24) is 10.6 Å². The van der Waals surface area contributed by atoms with Gasteiger partial charge in [0, 0.05) is 19.6 Å². The van der Waals surface area contributed by atoms with Gasteiger partial charge in [-0.25, -0.2) is 5.32 Å². The summed E-state index contributed by atoms with van der Waals surface area (Å²) >= 11 is 0. The third-order valence-corrected chi connectivity index (χ3v) is 1.80. The van der Waals surface area contributed by atoms with E-state index < -0.39 is 0 Å². The second-order valence-corrected chi connectivity index (χ2v) is 2.71. The van der Waals surface area contributed by atoms with E-state index in [4.69, 9.17) is 5.11 Å². The fraction of sp³-hybridized carbons (Fsp3) is 1.00. The van der Waals surface area contributed by atoms with E-state index in [0.29, 0.717) is 0 Å². The molecule has 0 aromatic heterocycles. The first-order valence-corrected chi connectivity index (χ1v) is 3.88. The van der Waals surface area contributed by atoms with Gasteiger partial charge in [0.25, 0.3) is 0 Å². The van der Waals surface area contributed by atoms with Gasteiger partial charge in [0.2, 0.25) is 0 Å². The third-order valence-electron chi connectivity index (χ3n) is 1.80. The molecule has 0 saturated carbocycles. The molecule has 2 N–H and O–H groups in total. The van der Waals surface area contributed by atoms with E-state index in [9.17, 15) is 0 Å². The molecule has 3 heteroatoms. The lowest BCUT2D eigenvalue weighted by molar-refractivity contribution is 0.288. The number of nitrogens with zero attached hydrogens (tertiary/aromatic N) is 1. The lowest BCUT2D eigenvalue weighted by Crippen LogP contribution is -2.26. The Hall–Kier alpha value is -0.120. The van der Waals surface area contributed by atoms with Crippen LogP contribution in [0.2, 0.25) is 0 Å². The van der Waals surface area contributed by atoms with E-state index in [0.717, 1.165) is 32.1 Å². The largest absolute Gasteiger partial charge is 0.395 e. The summed E-state index contributed by atoms with van der Waals surface area (Å²) in [5.41, 5.74) is 0. The highest BCUT2D eigenvalue weighted by Gasteiger charge is 2.13. The Kier molecular flexibility index (Phi) is 3.72. The van der Waals surface area contributed by atoms with Gasteiger partial charge < -0.3 is 10.4 Å². The number of aliphatic hydroxyl groups is 1. The van der Waals surface area contributed by atoms with Gasteiger partial charge in [0.15, 0.2) is 0 Å². The molecule has 1 atom stereocenters. The van der Waals surface area contributed by atoms with Crippen molar-refractivity contribution in [2.45, 2.75) is 6.42 Å². The molecule has 1 unspecified atom stereocenters. The summed E-state index contributed by atoms with van der Waals surface area (Å²) in [6.45, 7) is 4.02. The summed E-state index contributed by atoms with van der Waals surface area (Å²) in [6.07, 6.45) is 1.22. The molecular formula is C7H15N2O. The maximum Gasteiger partial charge on any atom is 0.0555 e. The quantitative estimate of drug-likeness (QED) is 0.506. The van der Waals surface area contributed by atoms with Crippen LogP contribution in [-0.2, 0) is 0 Å². The molecule has 1 aliphatic heterocycles. The molecule has 0 amide bonds. The van der Waals surface area contributed by atoms with E-state index in [1.54, 1.807) is 0 Å². The number of rotatable bonds is 4. The lowest BCUT2D eigenvalue weighted by Gasteiger charge is -2.07. The van der Waals surface area contributed by atoms with Gasteiger partial charge in [-0.05, 0) is 18.9 Å². The zero-order chi connectivity index (χ0) is 7.23. The Balaban J connectivity index is 1.91. The minimum absolute atomic E-state index is 0.240. The highest BCUT2D eigenvalue weighted by molar-refractivity contribution is 4.72. The molecule has 1 radical (unpaired) electrons. The van der Waals surface area contributed by atoms with E-state index in [1.807, 2.05) is 0 Å². The summed E-state index contributed by atoms with van der Waals surface area (Å²) in [4.78, 5) is 0. The first kappa shape index (κ1) is 7.98. The number of hydrogen-bond acceptors (Lipinski definition) is 2. The predicted octanol–water partition coefficient (Wildman–Crippen LogP) is -0.807. The predicted molar refractivity (Wildman–Crippen MR) is 39.9 cm³/mol.